The van der Waals surface area contributed by atoms with Crippen molar-refractivity contribution in [2.24, 2.45) is 4.99 Å². The molecule has 0 saturated heterocycles. The van der Waals surface area contributed by atoms with E-state index in [2.05, 4.69) is 30.6 Å². The standard InChI is InChI=1S/C14H17F2N5O/c1-17-14(19-9-11-6-7-20-21-11)18-8-10-4-2-3-5-12(10)22-13(15)16/h2-7,13H,8-9H2,1H3,(H,20,21)(H2,17,18,19). The van der Waals surface area contributed by atoms with Crippen molar-refractivity contribution in [3.63, 3.8) is 0 Å². The van der Waals surface area contributed by atoms with Gasteiger partial charge in [-0.2, -0.15) is 13.9 Å². The summed E-state index contributed by atoms with van der Waals surface area (Å²) in [5, 5.41) is 12.8. The lowest BCUT2D eigenvalue weighted by Crippen LogP contribution is -2.36. The quantitative estimate of drug-likeness (QED) is 0.562. The fraction of sp³-hybridized carbons (Fsp3) is 0.286. The van der Waals surface area contributed by atoms with Crippen LogP contribution in [0.5, 0.6) is 5.75 Å². The van der Waals surface area contributed by atoms with Gasteiger partial charge in [0.2, 0.25) is 0 Å². The molecule has 0 spiro atoms. The average molecular weight is 309 g/mol. The van der Waals surface area contributed by atoms with Crippen LogP contribution in [0.3, 0.4) is 0 Å². The molecule has 22 heavy (non-hydrogen) atoms. The highest BCUT2D eigenvalue weighted by molar-refractivity contribution is 5.79. The third-order valence-corrected chi connectivity index (χ3v) is 2.86. The zero-order chi connectivity index (χ0) is 15.8. The second-order valence-electron chi connectivity index (χ2n) is 4.35. The van der Waals surface area contributed by atoms with Gasteiger partial charge in [0.05, 0.1) is 12.2 Å². The van der Waals surface area contributed by atoms with Crippen molar-refractivity contribution >= 4 is 5.96 Å². The minimum absolute atomic E-state index is 0.147. The van der Waals surface area contributed by atoms with Crippen LogP contribution >= 0.6 is 0 Å². The fourth-order valence-electron chi connectivity index (χ4n) is 1.82. The van der Waals surface area contributed by atoms with Crippen LogP contribution in [0.2, 0.25) is 0 Å². The van der Waals surface area contributed by atoms with Crippen molar-refractivity contribution in [1.82, 2.24) is 20.8 Å². The molecule has 0 aliphatic heterocycles. The molecule has 0 atom stereocenters. The lowest BCUT2D eigenvalue weighted by molar-refractivity contribution is -0.0504. The molecular weight excluding hydrogens is 292 g/mol. The molecule has 2 rings (SSSR count). The molecule has 1 aromatic heterocycles. The van der Waals surface area contributed by atoms with Crippen LogP contribution in [0.15, 0.2) is 41.5 Å². The number of rotatable bonds is 6. The van der Waals surface area contributed by atoms with Gasteiger partial charge >= 0.3 is 6.61 Å². The summed E-state index contributed by atoms with van der Waals surface area (Å²) < 4.78 is 29.2. The van der Waals surface area contributed by atoms with Gasteiger partial charge in [0.1, 0.15) is 5.75 Å². The summed E-state index contributed by atoms with van der Waals surface area (Å²) in [4.78, 5) is 4.06. The molecule has 2 aromatic rings. The zero-order valence-corrected chi connectivity index (χ0v) is 12.0. The molecule has 3 N–H and O–H groups in total. The van der Waals surface area contributed by atoms with Crippen LogP contribution in [0.25, 0.3) is 0 Å². The normalized spacial score (nSPS) is 11.5. The number of aromatic amines is 1. The number of benzene rings is 1. The molecular formula is C14H17F2N5O. The summed E-state index contributed by atoms with van der Waals surface area (Å²) in [6.45, 7) is -2.01. The van der Waals surface area contributed by atoms with E-state index < -0.39 is 6.61 Å². The Morgan fingerprint density at radius 2 is 2.05 bits per heavy atom. The third kappa shape index (κ3) is 4.72. The smallest absolute Gasteiger partial charge is 0.387 e. The summed E-state index contributed by atoms with van der Waals surface area (Å²) in [6.07, 6.45) is 1.66. The lowest BCUT2D eigenvalue weighted by Gasteiger charge is -2.14. The van der Waals surface area contributed by atoms with E-state index in [1.165, 1.54) is 6.07 Å². The van der Waals surface area contributed by atoms with Crippen LogP contribution in [0.1, 0.15) is 11.3 Å². The summed E-state index contributed by atoms with van der Waals surface area (Å²) in [6, 6.07) is 8.46. The number of ether oxygens (including phenoxy) is 1. The maximum absolute atomic E-state index is 12.4. The Morgan fingerprint density at radius 1 is 1.27 bits per heavy atom. The topological polar surface area (TPSA) is 74.3 Å². The molecule has 0 amide bonds. The molecule has 6 nitrogen and oxygen atoms in total. The Morgan fingerprint density at radius 3 is 2.73 bits per heavy atom. The van der Waals surface area contributed by atoms with E-state index in [4.69, 9.17) is 0 Å². The van der Waals surface area contributed by atoms with E-state index in [0.717, 1.165) is 5.69 Å². The Bertz CT molecular complexity index is 601. The van der Waals surface area contributed by atoms with E-state index in [1.54, 1.807) is 31.4 Å². The number of H-pyrrole nitrogens is 1. The number of hydrogen-bond donors (Lipinski definition) is 3. The van der Waals surface area contributed by atoms with E-state index in [9.17, 15) is 8.78 Å². The van der Waals surface area contributed by atoms with Crippen LogP contribution in [0, 0.1) is 0 Å². The van der Waals surface area contributed by atoms with Crippen molar-refractivity contribution in [2.45, 2.75) is 19.7 Å². The van der Waals surface area contributed by atoms with Gasteiger partial charge in [-0.3, -0.25) is 10.1 Å². The molecule has 0 radical (unpaired) electrons. The number of alkyl halides is 2. The Kier molecular flexibility index (Phi) is 5.70. The van der Waals surface area contributed by atoms with Crippen molar-refractivity contribution in [3.8, 4) is 5.75 Å². The fourth-order valence-corrected chi connectivity index (χ4v) is 1.82. The van der Waals surface area contributed by atoms with E-state index in [0.29, 0.717) is 24.6 Å². The first-order valence-corrected chi connectivity index (χ1v) is 6.64. The molecule has 0 bridgehead atoms. The average Bonchev–Trinajstić information content (AvgIpc) is 3.01. The number of nitrogens with one attached hydrogen (secondary N) is 3. The van der Waals surface area contributed by atoms with E-state index in [1.807, 2.05) is 6.07 Å². The number of aliphatic imine (C=N–C) groups is 1. The van der Waals surface area contributed by atoms with Gasteiger partial charge in [-0.1, -0.05) is 18.2 Å². The predicted molar refractivity (Wildman–Crippen MR) is 78.7 cm³/mol. The van der Waals surface area contributed by atoms with Crippen molar-refractivity contribution in [2.75, 3.05) is 7.05 Å². The number of nitrogens with zero attached hydrogens (tertiary/aromatic N) is 2. The summed E-state index contributed by atoms with van der Waals surface area (Å²) >= 11 is 0. The molecule has 0 unspecified atom stereocenters. The van der Waals surface area contributed by atoms with Gasteiger partial charge in [-0.05, 0) is 12.1 Å². The van der Waals surface area contributed by atoms with Gasteiger partial charge < -0.3 is 15.4 Å². The van der Waals surface area contributed by atoms with Crippen molar-refractivity contribution < 1.29 is 13.5 Å². The second-order valence-corrected chi connectivity index (χ2v) is 4.35. The first-order valence-electron chi connectivity index (χ1n) is 6.64. The number of para-hydroxylation sites is 1. The highest BCUT2D eigenvalue weighted by Crippen LogP contribution is 2.19. The van der Waals surface area contributed by atoms with Gasteiger partial charge in [0, 0.05) is 25.4 Å². The maximum Gasteiger partial charge on any atom is 0.387 e. The number of hydrogen-bond acceptors (Lipinski definition) is 3. The van der Waals surface area contributed by atoms with E-state index >= 15 is 0 Å². The monoisotopic (exact) mass is 309 g/mol. The zero-order valence-electron chi connectivity index (χ0n) is 12.0. The molecule has 1 heterocycles. The molecule has 8 heteroatoms. The van der Waals surface area contributed by atoms with Crippen molar-refractivity contribution in [1.29, 1.82) is 0 Å². The van der Waals surface area contributed by atoms with Gasteiger partial charge in [0.15, 0.2) is 5.96 Å². The minimum Gasteiger partial charge on any atom is -0.434 e. The second kappa shape index (κ2) is 7.96. The van der Waals surface area contributed by atoms with Crippen LogP contribution < -0.4 is 15.4 Å². The molecule has 118 valence electrons. The minimum atomic E-state index is -2.85. The van der Waals surface area contributed by atoms with E-state index in [-0.39, 0.29) is 5.75 Å². The van der Waals surface area contributed by atoms with Gasteiger partial charge in [0.25, 0.3) is 0 Å². The first-order chi connectivity index (χ1) is 10.7. The number of aromatic nitrogens is 2. The van der Waals surface area contributed by atoms with Crippen molar-refractivity contribution in [3.05, 3.63) is 47.8 Å². The molecule has 0 saturated carbocycles. The summed E-state index contributed by atoms with van der Waals surface area (Å²) in [5.74, 6) is 0.690. The van der Waals surface area contributed by atoms with Crippen LogP contribution in [-0.4, -0.2) is 29.8 Å². The summed E-state index contributed by atoms with van der Waals surface area (Å²) in [5.41, 5.74) is 1.52. The highest BCUT2D eigenvalue weighted by atomic mass is 19.3. The maximum atomic E-state index is 12.4. The Hall–Kier alpha value is -2.64. The predicted octanol–water partition coefficient (Wildman–Crippen LogP) is 1.88. The number of halogens is 2. The van der Waals surface area contributed by atoms with Gasteiger partial charge in [-0.25, -0.2) is 0 Å². The number of guanidine groups is 1. The van der Waals surface area contributed by atoms with Gasteiger partial charge in [-0.15, -0.1) is 0 Å². The van der Waals surface area contributed by atoms with Crippen LogP contribution in [-0.2, 0) is 13.1 Å². The molecule has 0 aliphatic rings. The molecule has 0 fully saturated rings. The Labute approximate surface area is 126 Å². The molecule has 1 aromatic carbocycles. The SMILES string of the molecule is CN=C(NCc1ccn[nH]1)NCc1ccccc1OC(F)F. The highest BCUT2D eigenvalue weighted by Gasteiger charge is 2.09. The Balaban J connectivity index is 1.90. The third-order valence-electron chi connectivity index (χ3n) is 2.86. The molecule has 0 aliphatic carbocycles. The lowest BCUT2D eigenvalue weighted by atomic mass is 10.2. The summed E-state index contributed by atoms with van der Waals surface area (Å²) in [7, 11) is 1.63. The largest absolute Gasteiger partial charge is 0.434 e. The van der Waals surface area contributed by atoms with Crippen LogP contribution in [0.4, 0.5) is 8.78 Å². The first kappa shape index (κ1) is 15.7.